The molecule has 0 unspecified atom stereocenters. The van der Waals surface area contributed by atoms with Crippen molar-refractivity contribution in [3.8, 4) is 28.4 Å². The standard InChI is InChI=1S/C34H37F3N4O4/c1-5-7-16-44-23-18-22(19-24(20-23)45-17-8-6-2)29-21-30(34(35,36)37)38-41(29)28-13-12-27-31-25(28)10-9-11-26(31)32(42)40(33(27)43)15-14-39(3)4/h9-13,18-21H,5-8,14-17H2,1-4H3. The first-order chi connectivity index (χ1) is 21.5. The Hall–Kier alpha value is -4.38. The molecule has 238 valence electrons. The highest BCUT2D eigenvalue weighted by molar-refractivity contribution is 6.26. The van der Waals surface area contributed by atoms with Crippen LogP contribution in [0.4, 0.5) is 13.2 Å². The number of carbonyl (C=O) groups excluding carboxylic acids is 2. The summed E-state index contributed by atoms with van der Waals surface area (Å²) in [6.07, 6.45) is -1.25. The van der Waals surface area contributed by atoms with E-state index >= 15 is 0 Å². The molecule has 5 rings (SSSR count). The van der Waals surface area contributed by atoms with Crippen LogP contribution in [0.2, 0.25) is 0 Å². The molecular formula is C34H37F3N4O4. The SMILES string of the molecule is CCCCOc1cc(OCCCC)cc(-c2cc(C(F)(F)F)nn2-c2ccc3c4c(cccc24)C(=O)N(CCN(C)C)C3=O)c1. The minimum atomic E-state index is -4.72. The van der Waals surface area contributed by atoms with Crippen molar-refractivity contribution in [3.63, 3.8) is 0 Å². The highest BCUT2D eigenvalue weighted by Crippen LogP contribution is 2.39. The first kappa shape index (κ1) is 32.0. The Morgan fingerprint density at radius 3 is 2.04 bits per heavy atom. The van der Waals surface area contributed by atoms with Crippen molar-refractivity contribution < 1.29 is 32.2 Å². The van der Waals surface area contributed by atoms with E-state index in [2.05, 4.69) is 5.10 Å². The van der Waals surface area contributed by atoms with Gasteiger partial charge >= 0.3 is 6.18 Å². The van der Waals surface area contributed by atoms with Crippen LogP contribution in [0.3, 0.4) is 0 Å². The molecule has 4 aromatic rings. The van der Waals surface area contributed by atoms with Gasteiger partial charge in [-0.15, -0.1) is 0 Å². The fourth-order valence-corrected chi connectivity index (χ4v) is 5.28. The van der Waals surface area contributed by atoms with Gasteiger partial charge in [0, 0.05) is 46.6 Å². The quantitative estimate of drug-likeness (QED) is 0.116. The summed E-state index contributed by atoms with van der Waals surface area (Å²) in [7, 11) is 3.70. The summed E-state index contributed by atoms with van der Waals surface area (Å²) in [6, 6.07) is 14.2. The molecular weight excluding hydrogens is 585 g/mol. The number of nitrogens with zero attached hydrogens (tertiary/aromatic N) is 4. The van der Waals surface area contributed by atoms with Gasteiger partial charge in [0.05, 0.1) is 24.6 Å². The molecule has 0 spiro atoms. The minimum Gasteiger partial charge on any atom is -0.493 e. The molecule has 0 saturated heterocycles. The number of rotatable bonds is 13. The molecule has 2 heterocycles. The van der Waals surface area contributed by atoms with Crippen LogP contribution in [0.5, 0.6) is 11.5 Å². The molecule has 0 N–H and O–H groups in total. The molecule has 3 aromatic carbocycles. The van der Waals surface area contributed by atoms with E-state index in [9.17, 15) is 22.8 Å². The molecule has 0 radical (unpaired) electrons. The monoisotopic (exact) mass is 622 g/mol. The third kappa shape index (κ3) is 6.68. The fraction of sp³-hybridized carbons (Fsp3) is 0.382. The lowest BCUT2D eigenvalue weighted by Gasteiger charge is -2.28. The lowest BCUT2D eigenvalue weighted by Crippen LogP contribution is -2.43. The number of likely N-dealkylation sites (N-methyl/N-ethyl adjacent to an activating group) is 1. The van der Waals surface area contributed by atoms with E-state index in [1.807, 2.05) is 32.8 Å². The highest BCUT2D eigenvalue weighted by Gasteiger charge is 2.37. The second kappa shape index (κ2) is 13.3. The van der Waals surface area contributed by atoms with Crippen LogP contribution in [-0.4, -0.2) is 71.8 Å². The van der Waals surface area contributed by atoms with Gasteiger partial charge in [-0.05, 0) is 63.3 Å². The second-order valence-electron chi connectivity index (χ2n) is 11.3. The van der Waals surface area contributed by atoms with Crippen molar-refractivity contribution in [1.29, 1.82) is 0 Å². The van der Waals surface area contributed by atoms with E-state index in [-0.39, 0.29) is 12.2 Å². The van der Waals surface area contributed by atoms with E-state index in [1.165, 1.54) is 9.58 Å². The predicted octanol–water partition coefficient (Wildman–Crippen LogP) is 7.23. The number of hydrogen-bond acceptors (Lipinski definition) is 6. The molecule has 0 bridgehead atoms. The van der Waals surface area contributed by atoms with E-state index in [4.69, 9.17) is 9.47 Å². The van der Waals surface area contributed by atoms with E-state index in [0.717, 1.165) is 31.7 Å². The molecule has 11 heteroatoms. The maximum Gasteiger partial charge on any atom is 0.435 e. The number of unbranched alkanes of at least 4 members (excludes halogenated alkanes) is 2. The number of benzene rings is 3. The average molecular weight is 623 g/mol. The van der Waals surface area contributed by atoms with Crippen LogP contribution in [0.15, 0.2) is 54.6 Å². The molecule has 1 aliphatic rings. The number of carbonyl (C=O) groups is 2. The Labute approximate surface area is 260 Å². The summed E-state index contributed by atoms with van der Waals surface area (Å²) in [5.41, 5.74) is 0.419. The van der Waals surface area contributed by atoms with Gasteiger partial charge in [-0.3, -0.25) is 14.5 Å². The van der Waals surface area contributed by atoms with Crippen LogP contribution in [0.1, 0.15) is 65.9 Å². The van der Waals surface area contributed by atoms with Crippen LogP contribution in [-0.2, 0) is 6.18 Å². The zero-order chi connectivity index (χ0) is 32.3. The molecule has 0 atom stereocenters. The Balaban J connectivity index is 1.67. The molecule has 2 amide bonds. The van der Waals surface area contributed by atoms with Gasteiger partial charge in [0.2, 0.25) is 0 Å². The smallest absolute Gasteiger partial charge is 0.435 e. The van der Waals surface area contributed by atoms with E-state index in [0.29, 0.717) is 64.4 Å². The van der Waals surface area contributed by atoms with Gasteiger partial charge in [-0.25, -0.2) is 4.68 Å². The number of ether oxygens (including phenoxy) is 2. The van der Waals surface area contributed by atoms with E-state index in [1.54, 1.807) is 48.5 Å². The number of alkyl halides is 3. The molecule has 8 nitrogen and oxygen atoms in total. The van der Waals surface area contributed by atoms with Crippen molar-refractivity contribution in [2.75, 3.05) is 40.4 Å². The summed E-state index contributed by atoms with van der Waals surface area (Å²) in [4.78, 5) is 30.0. The largest absolute Gasteiger partial charge is 0.493 e. The number of aromatic nitrogens is 2. The third-order valence-corrected chi connectivity index (χ3v) is 7.68. The molecule has 0 saturated carbocycles. The zero-order valence-electron chi connectivity index (χ0n) is 25.9. The summed E-state index contributed by atoms with van der Waals surface area (Å²) in [5, 5.41) is 4.84. The number of amides is 2. The van der Waals surface area contributed by atoms with Gasteiger partial charge in [-0.1, -0.05) is 38.8 Å². The lowest BCUT2D eigenvalue weighted by atomic mass is 9.93. The van der Waals surface area contributed by atoms with Crippen LogP contribution < -0.4 is 9.47 Å². The van der Waals surface area contributed by atoms with E-state index < -0.39 is 23.7 Å². The topological polar surface area (TPSA) is 76.9 Å². The van der Waals surface area contributed by atoms with Crippen molar-refractivity contribution >= 4 is 22.6 Å². The van der Waals surface area contributed by atoms with Gasteiger partial charge < -0.3 is 14.4 Å². The van der Waals surface area contributed by atoms with Crippen molar-refractivity contribution in [3.05, 3.63) is 71.4 Å². The summed E-state index contributed by atoms with van der Waals surface area (Å²) >= 11 is 0. The first-order valence-electron chi connectivity index (χ1n) is 15.2. The average Bonchev–Trinajstić information content (AvgIpc) is 3.46. The number of hydrogen-bond donors (Lipinski definition) is 0. The number of halogens is 3. The number of imide groups is 1. The van der Waals surface area contributed by atoms with Crippen molar-refractivity contribution in [1.82, 2.24) is 19.6 Å². The molecule has 1 aliphatic heterocycles. The van der Waals surface area contributed by atoms with Gasteiger partial charge in [0.1, 0.15) is 11.5 Å². The first-order valence-corrected chi connectivity index (χ1v) is 15.2. The molecule has 45 heavy (non-hydrogen) atoms. The van der Waals surface area contributed by atoms with Crippen LogP contribution in [0, 0.1) is 0 Å². The van der Waals surface area contributed by atoms with Gasteiger partial charge in [0.25, 0.3) is 11.8 Å². The Bertz CT molecular complexity index is 1660. The Morgan fingerprint density at radius 2 is 1.47 bits per heavy atom. The summed E-state index contributed by atoms with van der Waals surface area (Å²) in [5.74, 6) is 0.0541. The summed E-state index contributed by atoms with van der Waals surface area (Å²) in [6.45, 7) is 5.67. The fourth-order valence-electron chi connectivity index (χ4n) is 5.28. The van der Waals surface area contributed by atoms with Crippen LogP contribution in [0.25, 0.3) is 27.7 Å². The molecule has 1 aromatic heterocycles. The third-order valence-electron chi connectivity index (χ3n) is 7.68. The second-order valence-corrected chi connectivity index (χ2v) is 11.3. The van der Waals surface area contributed by atoms with Crippen LogP contribution >= 0.6 is 0 Å². The summed E-state index contributed by atoms with van der Waals surface area (Å²) < 4.78 is 55.5. The maximum atomic E-state index is 14.1. The van der Waals surface area contributed by atoms with Gasteiger partial charge in [-0.2, -0.15) is 18.3 Å². The molecule has 0 aliphatic carbocycles. The Kier molecular flexibility index (Phi) is 9.48. The molecule has 0 fully saturated rings. The van der Waals surface area contributed by atoms with Crippen molar-refractivity contribution in [2.24, 2.45) is 0 Å². The Morgan fingerprint density at radius 1 is 0.844 bits per heavy atom. The minimum absolute atomic E-state index is 0.158. The highest BCUT2D eigenvalue weighted by atomic mass is 19.4. The van der Waals surface area contributed by atoms with Crippen molar-refractivity contribution in [2.45, 2.75) is 45.7 Å². The predicted molar refractivity (Wildman–Crippen MR) is 166 cm³/mol. The zero-order valence-corrected chi connectivity index (χ0v) is 25.9. The lowest BCUT2D eigenvalue weighted by molar-refractivity contribution is -0.141. The van der Waals surface area contributed by atoms with Gasteiger partial charge in [0.15, 0.2) is 5.69 Å². The normalized spacial score (nSPS) is 13.3. The maximum absolute atomic E-state index is 14.1.